The number of nitrogens with one attached hydrogen (secondary N) is 1. The van der Waals surface area contributed by atoms with Gasteiger partial charge in [0.1, 0.15) is 0 Å². The second-order valence-corrected chi connectivity index (χ2v) is 1.83. The fourth-order valence-electron chi connectivity index (χ4n) is 0.604. The number of halogens is 1. The molecule has 1 saturated heterocycles. The number of hydrogen-bond donors (Lipinski definition) is 1. The Balaban J connectivity index is 0.000000640. The van der Waals surface area contributed by atoms with Crippen molar-refractivity contribution in [1.29, 1.82) is 5.26 Å². The molecule has 0 spiro atoms. The molecule has 1 aliphatic heterocycles. The summed E-state index contributed by atoms with van der Waals surface area (Å²) in [6, 6.07) is 2.06. The summed E-state index contributed by atoms with van der Waals surface area (Å²) in [5.74, 6) is 0. The zero-order valence-corrected chi connectivity index (χ0v) is 5.87. The van der Waals surface area contributed by atoms with Gasteiger partial charge in [-0.2, -0.15) is 5.26 Å². The molecule has 2 nitrogen and oxygen atoms in total. The van der Waals surface area contributed by atoms with E-state index in [-0.39, 0.29) is 12.4 Å². The van der Waals surface area contributed by atoms with Gasteiger partial charge in [0.2, 0.25) is 0 Å². The molecule has 0 aromatic heterocycles. The van der Waals surface area contributed by atoms with E-state index in [0.717, 1.165) is 13.1 Å². The van der Waals surface area contributed by atoms with E-state index < -0.39 is 0 Å². The van der Waals surface area contributed by atoms with Crippen LogP contribution in [0.4, 0.5) is 0 Å². The average Bonchev–Trinajstić information content (AvgIpc) is 1.63. The Labute approximate surface area is 61.0 Å². The summed E-state index contributed by atoms with van der Waals surface area (Å²) in [6.07, 6.45) is 2.55. The van der Waals surface area contributed by atoms with Gasteiger partial charge in [-0.25, -0.2) is 0 Å². The number of allylic oxidation sites excluding steroid dienone is 1. The van der Waals surface area contributed by atoms with Crippen molar-refractivity contribution in [1.82, 2.24) is 5.32 Å². The minimum absolute atomic E-state index is 0. The Morgan fingerprint density at radius 3 is 2.67 bits per heavy atom. The lowest BCUT2D eigenvalue weighted by Gasteiger charge is -2.17. The van der Waals surface area contributed by atoms with Gasteiger partial charge < -0.3 is 5.32 Å². The fourth-order valence-corrected chi connectivity index (χ4v) is 0.604. The quantitative estimate of drug-likeness (QED) is 0.554. The number of hydrogen-bond acceptors (Lipinski definition) is 2. The van der Waals surface area contributed by atoms with Crippen LogP contribution in [0.2, 0.25) is 0 Å². The molecule has 1 heterocycles. The van der Waals surface area contributed by atoms with Gasteiger partial charge in [-0.15, -0.1) is 12.4 Å². The van der Waals surface area contributed by atoms with Crippen molar-refractivity contribution < 1.29 is 0 Å². The zero-order chi connectivity index (χ0) is 5.82. The maximum atomic E-state index is 8.12. The highest BCUT2D eigenvalue weighted by atomic mass is 35.5. The summed E-state index contributed by atoms with van der Waals surface area (Å²) in [5, 5.41) is 11.2. The van der Waals surface area contributed by atoms with Gasteiger partial charge in [-0.05, 0) is 5.57 Å². The lowest BCUT2D eigenvalue weighted by molar-refractivity contribution is 0.665. The van der Waals surface area contributed by atoms with Crippen molar-refractivity contribution in [2.75, 3.05) is 13.1 Å². The number of nitrogens with zero attached hydrogens (tertiary/aromatic N) is 1. The molecule has 0 aromatic carbocycles. The molecule has 3 heteroatoms. The van der Waals surface area contributed by atoms with Gasteiger partial charge >= 0.3 is 0 Å². The first-order chi connectivity index (χ1) is 3.93. The van der Waals surface area contributed by atoms with E-state index in [1.165, 1.54) is 5.57 Å². The highest BCUT2D eigenvalue weighted by Crippen LogP contribution is 2.00. The van der Waals surface area contributed by atoms with Crippen LogP contribution >= 0.6 is 12.4 Å². The van der Waals surface area contributed by atoms with Crippen LogP contribution in [-0.4, -0.2) is 13.1 Å². The Bertz CT molecular complexity index is 140. The minimum Gasteiger partial charge on any atom is -0.309 e. The third kappa shape index (κ3) is 2.50. The summed E-state index contributed by atoms with van der Waals surface area (Å²) in [7, 11) is 0. The van der Waals surface area contributed by atoms with Crippen LogP contribution in [0.15, 0.2) is 11.6 Å². The third-order valence-corrected chi connectivity index (χ3v) is 1.19. The van der Waals surface area contributed by atoms with Crippen molar-refractivity contribution in [2.45, 2.75) is 6.42 Å². The first kappa shape index (κ1) is 8.48. The van der Waals surface area contributed by atoms with E-state index in [1.54, 1.807) is 0 Å². The maximum Gasteiger partial charge on any atom is 0.0663 e. The largest absolute Gasteiger partial charge is 0.309 e. The molecule has 1 fully saturated rings. The molecule has 0 aromatic rings. The van der Waals surface area contributed by atoms with E-state index in [0.29, 0.717) is 6.42 Å². The zero-order valence-electron chi connectivity index (χ0n) is 5.05. The predicted octanol–water partition coefficient (Wildman–Crippen LogP) is 0.851. The number of nitriles is 1. The molecule has 0 amide bonds. The first-order valence-electron chi connectivity index (χ1n) is 2.69. The molecular weight excluding hydrogens is 136 g/mol. The Morgan fingerprint density at radius 1 is 1.67 bits per heavy atom. The fraction of sp³-hybridized carbons (Fsp3) is 0.500. The van der Waals surface area contributed by atoms with Crippen LogP contribution in [0.3, 0.4) is 0 Å². The van der Waals surface area contributed by atoms with Crippen LogP contribution in [0.1, 0.15) is 6.42 Å². The van der Waals surface area contributed by atoms with E-state index in [4.69, 9.17) is 5.26 Å². The van der Waals surface area contributed by atoms with Crippen molar-refractivity contribution in [2.24, 2.45) is 0 Å². The van der Waals surface area contributed by atoms with Crippen molar-refractivity contribution in [3.63, 3.8) is 0 Å². The van der Waals surface area contributed by atoms with Gasteiger partial charge in [0, 0.05) is 13.1 Å². The van der Waals surface area contributed by atoms with Gasteiger partial charge in [0.15, 0.2) is 0 Å². The van der Waals surface area contributed by atoms with Crippen LogP contribution in [-0.2, 0) is 0 Å². The van der Waals surface area contributed by atoms with Crippen LogP contribution in [0, 0.1) is 11.3 Å². The molecule has 0 radical (unpaired) electrons. The average molecular weight is 145 g/mol. The second kappa shape index (κ2) is 4.37. The van der Waals surface area contributed by atoms with Crippen LogP contribution < -0.4 is 5.32 Å². The summed E-state index contributed by atoms with van der Waals surface area (Å²) < 4.78 is 0. The van der Waals surface area contributed by atoms with Gasteiger partial charge in [-0.1, -0.05) is 6.08 Å². The summed E-state index contributed by atoms with van der Waals surface area (Å²) in [4.78, 5) is 0. The molecule has 9 heavy (non-hydrogen) atoms. The molecule has 1 aliphatic rings. The van der Waals surface area contributed by atoms with E-state index in [1.807, 2.05) is 6.08 Å². The molecule has 50 valence electrons. The summed E-state index contributed by atoms with van der Waals surface area (Å²) in [5.41, 5.74) is 1.37. The topological polar surface area (TPSA) is 35.8 Å². The van der Waals surface area contributed by atoms with Crippen molar-refractivity contribution in [3.8, 4) is 6.07 Å². The van der Waals surface area contributed by atoms with Crippen LogP contribution in [0.25, 0.3) is 0 Å². The number of rotatable bonds is 1. The van der Waals surface area contributed by atoms with Crippen molar-refractivity contribution >= 4 is 12.4 Å². The molecular formula is C6H9ClN2. The highest BCUT2D eigenvalue weighted by Gasteiger charge is 2.04. The predicted molar refractivity (Wildman–Crippen MR) is 38.4 cm³/mol. The lowest BCUT2D eigenvalue weighted by Crippen LogP contribution is -2.33. The summed E-state index contributed by atoms with van der Waals surface area (Å²) >= 11 is 0. The molecule has 0 unspecified atom stereocenters. The van der Waals surface area contributed by atoms with E-state index in [2.05, 4.69) is 11.4 Å². The highest BCUT2D eigenvalue weighted by molar-refractivity contribution is 5.85. The van der Waals surface area contributed by atoms with Gasteiger partial charge in [0.25, 0.3) is 0 Å². The lowest BCUT2D eigenvalue weighted by atomic mass is 10.1. The SMILES string of the molecule is Cl.N#CCC=C1CNC1. The maximum absolute atomic E-state index is 8.12. The molecule has 0 saturated carbocycles. The van der Waals surface area contributed by atoms with Crippen LogP contribution in [0.5, 0.6) is 0 Å². The Hall–Kier alpha value is -0.520. The van der Waals surface area contributed by atoms with E-state index >= 15 is 0 Å². The van der Waals surface area contributed by atoms with Crippen molar-refractivity contribution in [3.05, 3.63) is 11.6 Å². The summed E-state index contributed by atoms with van der Waals surface area (Å²) in [6.45, 7) is 1.98. The van der Waals surface area contributed by atoms with Gasteiger partial charge in [-0.3, -0.25) is 0 Å². The third-order valence-electron chi connectivity index (χ3n) is 1.19. The monoisotopic (exact) mass is 144 g/mol. The molecule has 0 bridgehead atoms. The Morgan fingerprint density at radius 2 is 2.33 bits per heavy atom. The second-order valence-electron chi connectivity index (χ2n) is 1.83. The first-order valence-corrected chi connectivity index (χ1v) is 2.69. The standard InChI is InChI=1S/C6H8N2.ClH/c7-3-1-2-6-4-8-5-6;/h2,8H,1,4-5H2;1H. The Kier molecular flexibility index (Phi) is 4.12. The smallest absolute Gasteiger partial charge is 0.0663 e. The molecule has 0 atom stereocenters. The van der Waals surface area contributed by atoms with Gasteiger partial charge in [0.05, 0.1) is 12.5 Å². The molecule has 0 aliphatic carbocycles. The molecule has 1 N–H and O–H groups in total. The normalized spacial score (nSPS) is 14.8. The minimum atomic E-state index is 0. The molecule has 1 rings (SSSR count). The van der Waals surface area contributed by atoms with E-state index in [9.17, 15) is 0 Å².